The van der Waals surface area contributed by atoms with Crippen LogP contribution in [0.15, 0.2) is 36.4 Å². The van der Waals surface area contributed by atoms with Crippen LogP contribution in [0, 0.1) is 10.6 Å². The first-order valence-corrected chi connectivity index (χ1v) is 7.52. The molecule has 1 heterocycles. The molecule has 0 aliphatic carbocycles. The number of H-pyrrole nitrogens is 1. The molecule has 0 unspecified atom stereocenters. The fraction of sp³-hybridized carbons (Fsp3) is 0.188. The number of aromatic nitrogens is 2. The van der Waals surface area contributed by atoms with E-state index in [2.05, 4.69) is 36.2 Å². The molecule has 0 saturated heterocycles. The lowest BCUT2D eigenvalue weighted by atomic mass is 10.1. The van der Waals surface area contributed by atoms with Gasteiger partial charge in [0.2, 0.25) is 0 Å². The lowest BCUT2D eigenvalue weighted by Crippen LogP contribution is -2.00. The number of aryl methyl sites for hydroxylation is 1. The summed E-state index contributed by atoms with van der Waals surface area (Å²) in [6, 6.07) is 11.3. The molecule has 3 aromatic rings. The molecule has 21 heavy (non-hydrogen) atoms. The molecule has 0 radical (unpaired) electrons. The smallest absolute Gasteiger partial charge is 0.178 e. The Labute approximate surface area is 132 Å². The zero-order chi connectivity index (χ0) is 15.0. The summed E-state index contributed by atoms with van der Waals surface area (Å²) in [4.78, 5) is 3.06. The van der Waals surface area contributed by atoms with Gasteiger partial charge in [-0.05, 0) is 35.8 Å². The van der Waals surface area contributed by atoms with Crippen molar-refractivity contribution in [3.63, 3.8) is 0 Å². The van der Waals surface area contributed by atoms with Gasteiger partial charge in [-0.2, -0.15) is 0 Å². The van der Waals surface area contributed by atoms with Crippen LogP contribution in [-0.4, -0.2) is 9.55 Å². The van der Waals surface area contributed by atoms with E-state index in [1.165, 1.54) is 11.6 Å². The molecule has 0 saturated carbocycles. The van der Waals surface area contributed by atoms with E-state index < -0.39 is 5.82 Å². The van der Waals surface area contributed by atoms with Crippen molar-refractivity contribution in [1.82, 2.24) is 9.55 Å². The van der Waals surface area contributed by atoms with Gasteiger partial charge in [0, 0.05) is 6.07 Å². The van der Waals surface area contributed by atoms with Gasteiger partial charge in [0.1, 0.15) is 5.82 Å². The molecular weight excluding hydrogens is 307 g/mol. The first kappa shape index (κ1) is 14.3. The van der Waals surface area contributed by atoms with Crippen LogP contribution in [0.5, 0.6) is 0 Å². The average molecular weight is 321 g/mol. The lowest BCUT2D eigenvalue weighted by Gasteiger charge is -2.06. The van der Waals surface area contributed by atoms with Gasteiger partial charge >= 0.3 is 0 Å². The van der Waals surface area contributed by atoms with Gasteiger partial charge in [-0.3, -0.25) is 0 Å². The molecule has 0 bridgehead atoms. The normalized spacial score (nSPS) is 11.2. The van der Waals surface area contributed by atoms with E-state index >= 15 is 0 Å². The molecule has 1 aromatic heterocycles. The summed E-state index contributed by atoms with van der Waals surface area (Å²) in [7, 11) is 0. The maximum atomic E-state index is 13.7. The van der Waals surface area contributed by atoms with Gasteiger partial charge in [-0.25, -0.2) is 4.39 Å². The van der Waals surface area contributed by atoms with Crippen molar-refractivity contribution in [1.29, 1.82) is 0 Å². The Morgan fingerprint density at radius 2 is 1.86 bits per heavy atom. The largest absolute Gasteiger partial charge is 0.331 e. The molecule has 1 N–H and O–H groups in total. The van der Waals surface area contributed by atoms with Crippen LogP contribution in [0.1, 0.15) is 18.1 Å². The molecule has 0 spiro atoms. The second kappa shape index (κ2) is 5.62. The van der Waals surface area contributed by atoms with E-state index in [0.717, 1.165) is 23.0 Å². The second-order valence-electron chi connectivity index (χ2n) is 4.97. The lowest BCUT2D eigenvalue weighted by molar-refractivity contribution is 0.629. The molecule has 5 heteroatoms. The standard InChI is InChI=1S/C16H14ClFN2S/c1-2-10-3-5-11(6-4-10)9-20-15-8-13(18)12(17)7-14(15)19-16(20)21/h3-8H,2,9H2,1H3,(H,19,21). The number of fused-ring (bicyclic) bond motifs is 1. The van der Waals surface area contributed by atoms with Crippen LogP contribution < -0.4 is 0 Å². The maximum Gasteiger partial charge on any atom is 0.178 e. The minimum absolute atomic E-state index is 0.0956. The van der Waals surface area contributed by atoms with E-state index in [-0.39, 0.29) is 5.02 Å². The fourth-order valence-corrected chi connectivity index (χ4v) is 2.81. The van der Waals surface area contributed by atoms with Crippen molar-refractivity contribution in [3.8, 4) is 0 Å². The van der Waals surface area contributed by atoms with Crippen molar-refractivity contribution >= 4 is 34.9 Å². The highest BCUT2D eigenvalue weighted by atomic mass is 35.5. The van der Waals surface area contributed by atoms with E-state index in [4.69, 9.17) is 23.8 Å². The van der Waals surface area contributed by atoms with Gasteiger partial charge < -0.3 is 9.55 Å². The van der Waals surface area contributed by atoms with Gasteiger partial charge in [0.25, 0.3) is 0 Å². The highest BCUT2D eigenvalue weighted by Crippen LogP contribution is 2.23. The Morgan fingerprint density at radius 3 is 2.52 bits per heavy atom. The maximum absolute atomic E-state index is 13.7. The zero-order valence-corrected chi connectivity index (χ0v) is 13.1. The number of halogens is 2. The van der Waals surface area contributed by atoms with E-state index in [9.17, 15) is 4.39 Å². The highest BCUT2D eigenvalue weighted by molar-refractivity contribution is 7.71. The Hall–Kier alpha value is -1.65. The molecule has 0 fully saturated rings. The Kier molecular flexibility index (Phi) is 3.83. The summed E-state index contributed by atoms with van der Waals surface area (Å²) in [5.74, 6) is -0.437. The fourth-order valence-electron chi connectivity index (χ4n) is 2.37. The molecule has 108 valence electrons. The number of benzene rings is 2. The summed E-state index contributed by atoms with van der Waals surface area (Å²) in [6.07, 6.45) is 1.01. The first-order valence-electron chi connectivity index (χ1n) is 6.74. The zero-order valence-electron chi connectivity index (χ0n) is 11.5. The summed E-state index contributed by atoms with van der Waals surface area (Å²) < 4.78 is 16.1. The minimum Gasteiger partial charge on any atom is -0.331 e. The van der Waals surface area contributed by atoms with Crippen molar-refractivity contribution in [2.75, 3.05) is 0 Å². The third kappa shape index (κ3) is 2.74. The molecule has 0 aliphatic heterocycles. The van der Waals surface area contributed by atoms with E-state index in [1.54, 1.807) is 6.07 Å². The quantitative estimate of drug-likeness (QED) is 0.666. The van der Waals surface area contributed by atoms with Crippen LogP contribution in [-0.2, 0) is 13.0 Å². The monoisotopic (exact) mass is 320 g/mol. The van der Waals surface area contributed by atoms with E-state index in [0.29, 0.717) is 11.3 Å². The van der Waals surface area contributed by atoms with Crippen LogP contribution in [0.3, 0.4) is 0 Å². The van der Waals surface area contributed by atoms with Crippen molar-refractivity contribution < 1.29 is 4.39 Å². The van der Waals surface area contributed by atoms with Crippen LogP contribution >= 0.6 is 23.8 Å². The van der Waals surface area contributed by atoms with Crippen molar-refractivity contribution in [2.24, 2.45) is 0 Å². The number of aromatic amines is 1. The van der Waals surface area contributed by atoms with Crippen molar-refractivity contribution in [3.05, 3.63) is 63.1 Å². The summed E-state index contributed by atoms with van der Waals surface area (Å²) in [5.41, 5.74) is 3.89. The third-order valence-corrected chi connectivity index (χ3v) is 4.20. The Bertz CT molecular complexity index is 849. The third-order valence-electron chi connectivity index (χ3n) is 3.59. The van der Waals surface area contributed by atoms with Crippen LogP contribution in [0.2, 0.25) is 5.02 Å². The molecule has 3 rings (SSSR count). The number of rotatable bonds is 3. The first-order chi connectivity index (χ1) is 10.1. The highest BCUT2D eigenvalue weighted by Gasteiger charge is 2.09. The Balaban J connectivity index is 2.05. The molecule has 2 nitrogen and oxygen atoms in total. The average Bonchev–Trinajstić information content (AvgIpc) is 2.76. The molecular formula is C16H14ClFN2S. The predicted molar refractivity (Wildman–Crippen MR) is 87.0 cm³/mol. The summed E-state index contributed by atoms with van der Waals surface area (Å²) in [5, 5.41) is 0.0956. The van der Waals surface area contributed by atoms with Gasteiger partial charge in [-0.15, -0.1) is 0 Å². The molecule has 0 aliphatic rings. The van der Waals surface area contributed by atoms with E-state index in [1.807, 2.05) is 4.57 Å². The molecule has 0 atom stereocenters. The number of imidazole rings is 1. The SMILES string of the molecule is CCc1ccc(Cn2c(=S)[nH]c3cc(Cl)c(F)cc32)cc1. The second-order valence-corrected chi connectivity index (χ2v) is 5.76. The summed E-state index contributed by atoms with van der Waals surface area (Å²) in [6.45, 7) is 2.72. The Morgan fingerprint density at radius 1 is 1.19 bits per heavy atom. The number of hydrogen-bond acceptors (Lipinski definition) is 1. The van der Waals surface area contributed by atoms with Crippen LogP contribution in [0.25, 0.3) is 11.0 Å². The molecule has 2 aromatic carbocycles. The topological polar surface area (TPSA) is 20.7 Å². The van der Waals surface area contributed by atoms with Crippen molar-refractivity contribution in [2.45, 2.75) is 19.9 Å². The predicted octanol–water partition coefficient (Wildman–Crippen LogP) is 5.10. The van der Waals surface area contributed by atoms with Gasteiger partial charge in [0.15, 0.2) is 4.77 Å². The van der Waals surface area contributed by atoms with Gasteiger partial charge in [0.05, 0.1) is 22.6 Å². The summed E-state index contributed by atoms with van der Waals surface area (Å²) >= 11 is 11.1. The van der Waals surface area contributed by atoms with Gasteiger partial charge in [-0.1, -0.05) is 42.8 Å². The molecule has 0 amide bonds. The number of hydrogen-bond donors (Lipinski definition) is 1. The van der Waals surface area contributed by atoms with Crippen LogP contribution in [0.4, 0.5) is 4.39 Å². The minimum atomic E-state index is -0.437. The number of nitrogens with one attached hydrogen (secondary N) is 1. The number of nitrogens with zero attached hydrogens (tertiary/aromatic N) is 1.